The number of anilines is 2. The Bertz CT molecular complexity index is 649. The first-order valence-electron chi connectivity index (χ1n) is 6.89. The third kappa shape index (κ3) is 3.34. The molecule has 0 fully saturated rings. The fourth-order valence-corrected chi connectivity index (χ4v) is 2.15. The Morgan fingerprint density at radius 2 is 1.90 bits per heavy atom. The van der Waals surface area contributed by atoms with Crippen molar-refractivity contribution < 1.29 is 9.53 Å². The average molecular weight is 284 g/mol. The highest BCUT2D eigenvalue weighted by atomic mass is 16.5. The molecule has 2 rings (SSSR count). The van der Waals surface area contributed by atoms with Gasteiger partial charge in [-0.1, -0.05) is 19.1 Å². The highest BCUT2D eigenvalue weighted by Gasteiger charge is 2.13. The monoisotopic (exact) mass is 284 g/mol. The first kappa shape index (κ1) is 14.9. The Morgan fingerprint density at radius 3 is 2.48 bits per heavy atom. The van der Waals surface area contributed by atoms with Crippen LogP contribution in [0.15, 0.2) is 36.4 Å². The van der Waals surface area contributed by atoms with Gasteiger partial charge >= 0.3 is 0 Å². The number of benzene rings is 2. The van der Waals surface area contributed by atoms with Crippen molar-refractivity contribution in [2.45, 2.75) is 20.3 Å². The van der Waals surface area contributed by atoms with Crippen molar-refractivity contribution in [2.75, 3.05) is 18.2 Å². The lowest BCUT2D eigenvalue weighted by atomic mass is 10.1. The fourth-order valence-electron chi connectivity index (χ4n) is 2.15. The molecule has 3 N–H and O–H groups in total. The molecule has 0 heterocycles. The van der Waals surface area contributed by atoms with Gasteiger partial charge in [-0.25, -0.2) is 0 Å². The molecule has 2 aromatic carbocycles. The van der Waals surface area contributed by atoms with E-state index < -0.39 is 0 Å². The largest absolute Gasteiger partial charge is 0.494 e. The molecule has 0 atom stereocenters. The van der Waals surface area contributed by atoms with Crippen LogP contribution < -0.4 is 15.8 Å². The molecule has 0 saturated heterocycles. The molecule has 0 unspecified atom stereocenters. The highest BCUT2D eigenvalue weighted by molar-refractivity contribution is 6.06. The number of nitrogens with two attached hydrogens (primary N) is 1. The molecule has 0 aliphatic carbocycles. The van der Waals surface area contributed by atoms with E-state index in [1.54, 1.807) is 13.2 Å². The van der Waals surface area contributed by atoms with Gasteiger partial charge in [-0.05, 0) is 48.7 Å². The molecule has 0 radical (unpaired) electrons. The smallest absolute Gasteiger partial charge is 0.255 e. The second-order valence-electron chi connectivity index (χ2n) is 4.94. The van der Waals surface area contributed by atoms with Gasteiger partial charge in [0.1, 0.15) is 11.4 Å². The van der Waals surface area contributed by atoms with E-state index in [4.69, 9.17) is 10.5 Å². The highest BCUT2D eigenvalue weighted by Crippen LogP contribution is 2.32. The Kier molecular flexibility index (Phi) is 4.48. The van der Waals surface area contributed by atoms with Crippen LogP contribution in [-0.2, 0) is 6.42 Å². The van der Waals surface area contributed by atoms with Crippen molar-refractivity contribution in [3.8, 4) is 5.75 Å². The topological polar surface area (TPSA) is 64.4 Å². The zero-order valence-electron chi connectivity index (χ0n) is 12.6. The molecule has 2 aromatic rings. The van der Waals surface area contributed by atoms with Crippen LogP contribution in [0.5, 0.6) is 5.75 Å². The molecule has 0 bridgehead atoms. The van der Waals surface area contributed by atoms with Gasteiger partial charge < -0.3 is 15.8 Å². The number of nitrogen functional groups attached to an aromatic ring is 1. The van der Waals surface area contributed by atoms with Gasteiger partial charge in [0.05, 0.1) is 12.8 Å². The number of hydrogen-bond donors (Lipinski definition) is 2. The third-order valence-electron chi connectivity index (χ3n) is 3.36. The van der Waals surface area contributed by atoms with Crippen molar-refractivity contribution >= 4 is 17.3 Å². The lowest BCUT2D eigenvalue weighted by molar-refractivity contribution is 0.102. The van der Waals surface area contributed by atoms with Gasteiger partial charge in [-0.2, -0.15) is 0 Å². The molecule has 21 heavy (non-hydrogen) atoms. The molecular formula is C17H20N2O2. The van der Waals surface area contributed by atoms with Gasteiger partial charge in [0.2, 0.25) is 0 Å². The van der Waals surface area contributed by atoms with E-state index in [0.29, 0.717) is 22.7 Å². The third-order valence-corrected chi connectivity index (χ3v) is 3.36. The zero-order valence-corrected chi connectivity index (χ0v) is 12.6. The number of hydrogen-bond acceptors (Lipinski definition) is 3. The maximum atomic E-state index is 12.3. The predicted octanol–water partition coefficient (Wildman–Crippen LogP) is 3.40. The minimum Gasteiger partial charge on any atom is -0.494 e. The Balaban J connectivity index is 2.26. The van der Waals surface area contributed by atoms with E-state index in [2.05, 4.69) is 12.2 Å². The first-order valence-corrected chi connectivity index (χ1v) is 6.89. The van der Waals surface area contributed by atoms with Gasteiger partial charge in [0.25, 0.3) is 5.91 Å². The van der Waals surface area contributed by atoms with Crippen LogP contribution in [0.4, 0.5) is 11.4 Å². The minimum atomic E-state index is -0.202. The zero-order chi connectivity index (χ0) is 15.4. The van der Waals surface area contributed by atoms with Crippen LogP contribution in [0.2, 0.25) is 0 Å². The number of rotatable bonds is 4. The van der Waals surface area contributed by atoms with Crippen LogP contribution in [0.3, 0.4) is 0 Å². The Hall–Kier alpha value is -2.49. The molecule has 0 aliphatic rings. The first-order chi connectivity index (χ1) is 10.0. The fraction of sp³-hybridized carbons (Fsp3) is 0.235. The standard InChI is InChI=1S/C17H20N2O2/c1-4-12-5-7-13(8-6-12)17(20)19-16-14(18)9-11(2)10-15(16)21-3/h5-10H,4,18H2,1-3H3,(H,19,20). The maximum absolute atomic E-state index is 12.3. The van der Waals surface area contributed by atoms with Crippen LogP contribution >= 0.6 is 0 Å². The van der Waals surface area contributed by atoms with Gasteiger partial charge in [0, 0.05) is 5.56 Å². The molecule has 4 nitrogen and oxygen atoms in total. The number of carbonyl (C=O) groups is 1. The minimum absolute atomic E-state index is 0.202. The second-order valence-corrected chi connectivity index (χ2v) is 4.94. The summed E-state index contributed by atoms with van der Waals surface area (Å²) in [7, 11) is 1.56. The number of methoxy groups -OCH3 is 1. The van der Waals surface area contributed by atoms with Gasteiger partial charge in [-0.3, -0.25) is 4.79 Å². The SMILES string of the molecule is CCc1ccc(C(=O)Nc2c(N)cc(C)cc2OC)cc1. The second kappa shape index (κ2) is 6.31. The van der Waals surface area contributed by atoms with Crippen molar-refractivity contribution in [3.63, 3.8) is 0 Å². The van der Waals surface area contributed by atoms with Crippen LogP contribution in [0.1, 0.15) is 28.4 Å². The van der Waals surface area contributed by atoms with Crippen LogP contribution in [0, 0.1) is 6.92 Å². The van der Waals surface area contributed by atoms with E-state index in [0.717, 1.165) is 12.0 Å². The van der Waals surface area contributed by atoms with Gasteiger partial charge in [-0.15, -0.1) is 0 Å². The Labute approximate surface area is 124 Å². The number of nitrogens with one attached hydrogen (secondary N) is 1. The van der Waals surface area contributed by atoms with Crippen molar-refractivity contribution in [1.82, 2.24) is 0 Å². The summed E-state index contributed by atoms with van der Waals surface area (Å²) >= 11 is 0. The summed E-state index contributed by atoms with van der Waals surface area (Å²) in [6.45, 7) is 4.00. The number of amides is 1. The van der Waals surface area contributed by atoms with Crippen molar-refractivity contribution in [2.24, 2.45) is 0 Å². The lowest BCUT2D eigenvalue weighted by Crippen LogP contribution is -2.14. The van der Waals surface area contributed by atoms with Gasteiger partial charge in [0.15, 0.2) is 0 Å². The number of ether oxygens (including phenoxy) is 1. The molecule has 0 saturated carbocycles. The average Bonchev–Trinajstić information content (AvgIpc) is 2.49. The predicted molar refractivity (Wildman–Crippen MR) is 85.9 cm³/mol. The van der Waals surface area contributed by atoms with E-state index in [1.165, 1.54) is 5.56 Å². The number of aryl methyl sites for hydroxylation is 2. The maximum Gasteiger partial charge on any atom is 0.255 e. The van der Waals surface area contributed by atoms with E-state index in [-0.39, 0.29) is 5.91 Å². The van der Waals surface area contributed by atoms with E-state index in [9.17, 15) is 4.79 Å². The van der Waals surface area contributed by atoms with Crippen molar-refractivity contribution in [1.29, 1.82) is 0 Å². The summed E-state index contributed by atoms with van der Waals surface area (Å²) in [5.41, 5.74) is 9.74. The molecule has 0 spiro atoms. The van der Waals surface area contributed by atoms with Crippen molar-refractivity contribution in [3.05, 3.63) is 53.1 Å². The summed E-state index contributed by atoms with van der Waals surface area (Å²) in [5.74, 6) is 0.359. The van der Waals surface area contributed by atoms with Crippen LogP contribution in [0.25, 0.3) is 0 Å². The summed E-state index contributed by atoms with van der Waals surface area (Å²) < 4.78 is 5.29. The normalized spacial score (nSPS) is 10.2. The molecule has 110 valence electrons. The number of carbonyl (C=O) groups excluding carboxylic acids is 1. The molecule has 0 aromatic heterocycles. The molecule has 4 heteroatoms. The van der Waals surface area contributed by atoms with E-state index in [1.807, 2.05) is 37.3 Å². The molecule has 1 amide bonds. The quantitative estimate of drug-likeness (QED) is 0.846. The summed E-state index contributed by atoms with van der Waals surface area (Å²) in [6, 6.07) is 11.2. The summed E-state index contributed by atoms with van der Waals surface area (Å²) in [5, 5.41) is 2.82. The van der Waals surface area contributed by atoms with E-state index >= 15 is 0 Å². The lowest BCUT2D eigenvalue weighted by Gasteiger charge is -2.14. The molecule has 0 aliphatic heterocycles. The summed E-state index contributed by atoms with van der Waals surface area (Å²) in [6.07, 6.45) is 0.945. The Morgan fingerprint density at radius 1 is 1.24 bits per heavy atom. The molecular weight excluding hydrogens is 264 g/mol. The summed E-state index contributed by atoms with van der Waals surface area (Å²) in [4.78, 5) is 12.3. The van der Waals surface area contributed by atoms with Crippen LogP contribution in [-0.4, -0.2) is 13.0 Å².